The molecule has 0 radical (unpaired) electrons. The molecule has 2 amide bonds. The number of benzene rings is 1. The maximum absolute atomic E-state index is 12.4. The van der Waals surface area contributed by atoms with Gasteiger partial charge in [-0.25, -0.2) is 0 Å². The van der Waals surface area contributed by atoms with Gasteiger partial charge in [-0.3, -0.25) is 9.59 Å². The van der Waals surface area contributed by atoms with Gasteiger partial charge in [0.25, 0.3) is 5.91 Å². The standard InChI is InChI=1S/C19H23N3O3/c1-15(16-6-3-2-4-7-16)20-14-18(23)21-9-11-22(12-10-21)19(24)17-8-5-13-25-17/h2-8,13,15,20H,9-12,14H2,1H3. The number of piperazine rings is 1. The first-order valence-corrected chi connectivity index (χ1v) is 8.54. The van der Waals surface area contributed by atoms with Gasteiger partial charge in [-0.15, -0.1) is 0 Å². The Labute approximate surface area is 147 Å². The van der Waals surface area contributed by atoms with Crippen molar-refractivity contribution in [3.05, 3.63) is 60.1 Å². The van der Waals surface area contributed by atoms with Crippen molar-refractivity contribution >= 4 is 11.8 Å². The molecule has 3 rings (SSSR count). The molecule has 1 unspecified atom stereocenters. The molecule has 1 fully saturated rings. The van der Waals surface area contributed by atoms with Crippen LogP contribution in [0.15, 0.2) is 53.1 Å². The van der Waals surface area contributed by atoms with Gasteiger partial charge in [0, 0.05) is 32.2 Å². The average molecular weight is 341 g/mol. The summed E-state index contributed by atoms with van der Waals surface area (Å²) in [7, 11) is 0. The Morgan fingerprint density at radius 2 is 1.72 bits per heavy atom. The molecule has 132 valence electrons. The van der Waals surface area contributed by atoms with Crippen molar-refractivity contribution in [3.63, 3.8) is 0 Å². The largest absolute Gasteiger partial charge is 0.459 e. The van der Waals surface area contributed by atoms with Crippen LogP contribution >= 0.6 is 0 Å². The van der Waals surface area contributed by atoms with Crippen molar-refractivity contribution in [2.24, 2.45) is 0 Å². The molecule has 0 bridgehead atoms. The Morgan fingerprint density at radius 3 is 2.36 bits per heavy atom. The third-order valence-electron chi connectivity index (χ3n) is 4.51. The zero-order chi connectivity index (χ0) is 17.6. The lowest BCUT2D eigenvalue weighted by molar-refractivity contribution is -0.131. The number of carbonyl (C=O) groups is 2. The molecule has 1 N–H and O–H groups in total. The van der Waals surface area contributed by atoms with Crippen LogP contribution < -0.4 is 5.32 Å². The molecule has 1 atom stereocenters. The van der Waals surface area contributed by atoms with E-state index in [1.165, 1.54) is 6.26 Å². The number of furan rings is 1. The SMILES string of the molecule is CC(NCC(=O)N1CCN(C(=O)c2ccco2)CC1)c1ccccc1. The predicted octanol–water partition coefficient (Wildman–Crippen LogP) is 1.91. The Balaban J connectivity index is 1.45. The van der Waals surface area contributed by atoms with Gasteiger partial charge < -0.3 is 19.5 Å². The maximum Gasteiger partial charge on any atom is 0.289 e. The molecule has 0 saturated carbocycles. The van der Waals surface area contributed by atoms with E-state index in [-0.39, 0.29) is 17.9 Å². The number of hydrogen-bond acceptors (Lipinski definition) is 4. The van der Waals surface area contributed by atoms with E-state index >= 15 is 0 Å². The van der Waals surface area contributed by atoms with Crippen LogP contribution in [0, 0.1) is 0 Å². The third kappa shape index (κ3) is 4.28. The van der Waals surface area contributed by atoms with Crippen LogP contribution in [0.4, 0.5) is 0 Å². The van der Waals surface area contributed by atoms with Crippen molar-refractivity contribution in [1.29, 1.82) is 0 Å². The topological polar surface area (TPSA) is 65.8 Å². The first-order chi connectivity index (χ1) is 12.1. The lowest BCUT2D eigenvalue weighted by Gasteiger charge is -2.34. The Hall–Kier alpha value is -2.60. The second kappa shape index (κ2) is 7.98. The van der Waals surface area contributed by atoms with Crippen LogP contribution in [0.25, 0.3) is 0 Å². The monoisotopic (exact) mass is 341 g/mol. The highest BCUT2D eigenvalue weighted by atomic mass is 16.3. The summed E-state index contributed by atoms with van der Waals surface area (Å²) in [4.78, 5) is 28.1. The summed E-state index contributed by atoms with van der Waals surface area (Å²) in [5.41, 5.74) is 1.16. The fraction of sp³-hybridized carbons (Fsp3) is 0.368. The number of rotatable bonds is 5. The fourth-order valence-electron chi connectivity index (χ4n) is 2.93. The minimum Gasteiger partial charge on any atom is -0.459 e. The van der Waals surface area contributed by atoms with Gasteiger partial charge in [0.2, 0.25) is 5.91 Å². The van der Waals surface area contributed by atoms with Crippen LogP contribution in [-0.2, 0) is 4.79 Å². The Morgan fingerprint density at radius 1 is 1.04 bits per heavy atom. The average Bonchev–Trinajstić information content (AvgIpc) is 3.21. The number of hydrogen-bond donors (Lipinski definition) is 1. The van der Waals surface area contributed by atoms with Gasteiger partial charge in [0.15, 0.2) is 5.76 Å². The predicted molar refractivity (Wildman–Crippen MR) is 94.1 cm³/mol. The van der Waals surface area contributed by atoms with Crippen LogP contribution in [0.3, 0.4) is 0 Å². The lowest BCUT2D eigenvalue weighted by atomic mass is 10.1. The summed E-state index contributed by atoms with van der Waals surface area (Å²) in [6.45, 7) is 4.49. The number of carbonyl (C=O) groups excluding carboxylic acids is 2. The highest BCUT2D eigenvalue weighted by Crippen LogP contribution is 2.12. The Kier molecular flexibility index (Phi) is 5.50. The van der Waals surface area contributed by atoms with Crippen molar-refractivity contribution in [2.45, 2.75) is 13.0 Å². The van der Waals surface area contributed by atoms with E-state index in [4.69, 9.17) is 4.42 Å². The second-order valence-corrected chi connectivity index (χ2v) is 6.16. The van der Waals surface area contributed by atoms with Gasteiger partial charge in [0.1, 0.15) is 0 Å². The maximum atomic E-state index is 12.4. The van der Waals surface area contributed by atoms with Gasteiger partial charge in [-0.2, -0.15) is 0 Å². The van der Waals surface area contributed by atoms with Crippen LogP contribution in [0.1, 0.15) is 29.1 Å². The van der Waals surface area contributed by atoms with Gasteiger partial charge in [-0.05, 0) is 24.6 Å². The van der Waals surface area contributed by atoms with E-state index < -0.39 is 0 Å². The summed E-state index contributed by atoms with van der Waals surface area (Å²) < 4.78 is 5.15. The number of nitrogens with zero attached hydrogens (tertiary/aromatic N) is 2. The molecule has 1 aromatic carbocycles. The lowest BCUT2D eigenvalue weighted by Crippen LogP contribution is -2.52. The summed E-state index contributed by atoms with van der Waals surface area (Å²) in [6.07, 6.45) is 1.49. The zero-order valence-corrected chi connectivity index (χ0v) is 14.4. The molecule has 2 heterocycles. The van der Waals surface area contributed by atoms with E-state index in [0.29, 0.717) is 38.5 Å². The molecule has 1 saturated heterocycles. The molecule has 6 nitrogen and oxygen atoms in total. The van der Waals surface area contributed by atoms with Crippen LogP contribution in [0.2, 0.25) is 0 Å². The quantitative estimate of drug-likeness (QED) is 0.902. The van der Waals surface area contributed by atoms with Crippen molar-refractivity contribution in [3.8, 4) is 0 Å². The molecular weight excluding hydrogens is 318 g/mol. The summed E-state index contributed by atoms with van der Waals surface area (Å²) in [6, 6.07) is 13.5. The molecule has 2 aromatic rings. The summed E-state index contributed by atoms with van der Waals surface area (Å²) in [5, 5.41) is 3.27. The smallest absolute Gasteiger partial charge is 0.289 e. The molecule has 1 aromatic heterocycles. The van der Waals surface area contributed by atoms with Gasteiger partial charge in [0.05, 0.1) is 12.8 Å². The fourth-order valence-corrected chi connectivity index (χ4v) is 2.93. The van der Waals surface area contributed by atoms with Gasteiger partial charge in [-0.1, -0.05) is 30.3 Å². The second-order valence-electron chi connectivity index (χ2n) is 6.16. The highest BCUT2D eigenvalue weighted by molar-refractivity contribution is 5.91. The van der Waals surface area contributed by atoms with Crippen LogP contribution in [-0.4, -0.2) is 54.3 Å². The Bertz CT molecular complexity index is 692. The minimum atomic E-state index is -0.118. The van der Waals surface area contributed by atoms with Crippen molar-refractivity contribution in [2.75, 3.05) is 32.7 Å². The highest BCUT2D eigenvalue weighted by Gasteiger charge is 2.26. The molecule has 0 aliphatic carbocycles. The van der Waals surface area contributed by atoms with Crippen molar-refractivity contribution in [1.82, 2.24) is 15.1 Å². The molecular formula is C19H23N3O3. The van der Waals surface area contributed by atoms with E-state index in [9.17, 15) is 9.59 Å². The number of amides is 2. The van der Waals surface area contributed by atoms with Crippen molar-refractivity contribution < 1.29 is 14.0 Å². The van der Waals surface area contributed by atoms with E-state index in [2.05, 4.69) is 5.32 Å². The molecule has 0 spiro atoms. The van der Waals surface area contributed by atoms with E-state index in [1.807, 2.05) is 37.3 Å². The number of nitrogens with one attached hydrogen (secondary N) is 1. The third-order valence-corrected chi connectivity index (χ3v) is 4.51. The molecule has 1 aliphatic rings. The first-order valence-electron chi connectivity index (χ1n) is 8.54. The first kappa shape index (κ1) is 17.2. The normalized spacial score (nSPS) is 15.9. The van der Waals surface area contributed by atoms with E-state index in [0.717, 1.165) is 5.56 Å². The molecule has 1 aliphatic heterocycles. The van der Waals surface area contributed by atoms with E-state index in [1.54, 1.807) is 21.9 Å². The minimum absolute atomic E-state index is 0.0629. The molecule has 6 heteroatoms. The summed E-state index contributed by atoms with van der Waals surface area (Å²) >= 11 is 0. The van der Waals surface area contributed by atoms with Crippen LogP contribution in [0.5, 0.6) is 0 Å². The summed E-state index contributed by atoms with van der Waals surface area (Å²) in [5.74, 6) is 0.291. The zero-order valence-electron chi connectivity index (χ0n) is 14.4. The molecule has 25 heavy (non-hydrogen) atoms. The van der Waals surface area contributed by atoms with Gasteiger partial charge >= 0.3 is 0 Å².